The van der Waals surface area contributed by atoms with Crippen molar-refractivity contribution in [2.45, 2.75) is 34.1 Å². The largest absolute Gasteiger partial charge is 0.369 e. The van der Waals surface area contributed by atoms with Gasteiger partial charge in [0.2, 0.25) is 0 Å². The van der Waals surface area contributed by atoms with Crippen LogP contribution in [0.1, 0.15) is 34.1 Å². The highest BCUT2D eigenvalue weighted by atomic mass is 15.2. The minimum atomic E-state index is 0.680. The van der Waals surface area contributed by atoms with E-state index in [4.69, 9.17) is 0 Å². The van der Waals surface area contributed by atoms with E-state index in [1.54, 1.807) is 6.20 Å². The lowest BCUT2D eigenvalue weighted by atomic mass is 10.1. The van der Waals surface area contributed by atoms with E-state index in [2.05, 4.69) is 47.9 Å². The molecule has 1 N–H and O–H groups in total. The van der Waals surface area contributed by atoms with Gasteiger partial charge in [-0.2, -0.15) is 0 Å². The third kappa shape index (κ3) is 4.21. The minimum Gasteiger partial charge on any atom is -0.369 e. The first-order chi connectivity index (χ1) is 8.21. The Kier molecular flexibility index (Phi) is 5.73. The molecule has 0 saturated carbocycles. The molecule has 1 rings (SSSR count). The molecule has 0 spiro atoms. The molecule has 1 unspecified atom stereocenters. The fourth-order valence-electron chi connectivity index (χ4n) is 1.66. The van der Waals surface area contributed by atoms with Crippen molar-refractivity contribution in [3.8, 4) is 0 Å². The van der Waals surface area contributed by atoms with Gasteiger partial charge in [-0.1, -0.05) is 20.3 Å². The van der Waals surface area contributed by atoms with E-state index in [-0.39, 0.29) is 0 Å². The summed E-state index contributed by atoms with van der Waals surface area (Å²) in [6.45, 7) is 11.6. The van der Waals surface area contributed by atoms with Crippen LogP contribution in [-0.2, 0) is 0 Å². The Hall–Kier alpha value is -1.32. The predicted molar refractivity (Wildman–Crippen MR) is 73.5 cm³/mol. The topological polar surface area (TPSA) is 41.1 Å². The van der Waals surface area contributed by atoms with Crippen molar-refractivity contribution >= 4 is 11.6 Å². The molecule has 1 aromatic rings. The lowest BCUT2D eigenvalue weighted by molar-refractivity contribution is 0.545. The van der Waals surface area contributed by atoms with Gasteiger partial charge in [0.1, 0.15) is 11.6 Å². The Balaban J connectivity index is 2.76. The maximum Gasteiger partial charge on any atom is 0.149 e. The van der Waals surface area contributed by atoms with Gasteiger partial charge >= 0.3 is 0 Å². The summed E-state index contributed by atoms with van der Waals surface area (Å²) in [7, 11) is 0. The standard InChI is InChI=1S/C13H24N4/c1-5-11(4)10-17(7-3)13-9-14-8-12(16-13)15-6-2/h8-9,11H,5-7,10H2,1-4H3,(H,15,16). The molecule has 1 heterocycles. The van der Waals surface area contributed by atoms with E-state index in [1.165, 1.54) is 6.42 Å². The third-order valence-corrected chi connectivity index (χ3v) is 2.91. The molecule has 0 fully saturated rings. The summed E-state index contributed by atoms with van der Waals surface area (Å²) in [5.41, 5.74) is 0. The number of anilines is 2. The van der Waals surface area contributed by atoms with E-state index in [1.807, 2.05) is 6.20 Å². The third-order valence-electron chi connectivity index (χ3n) is 2.91. The van der Waals surface area contributed by atoms with Gasteiger partial charge in [0, 0.05) is 19.6 Å². The lowest BCUT2D eigenvalue weighted by Gasteiger charge is -2.25. The van der Waals surface area contributed by atoms with Crippen molar-refractivity contribution in [3.63, 3.8) is 0 Å². The smallest absolute Gasteiger partial charge is 0.149 e. The number of hydrogen-bond donors (Lipinski definition) is 1. The van der Waals surface area contributed by atoms with Crippen LogP contribution in [0.3, 0.4) is 0 Å². The molecular formula is C13H24N4. The highest BCUT2D eigenvalue weighted by Gasteiger charge is 2.10. The molecule has 4 heteroatoms. The molecule has 0 bridgehead atoms. The second-order valence-corrected chi connectivity index (χ2v) is 4.34. The summed E-state index contributed by atoms with van der Waals surface area (Å²) in [4.78, 5) is 11.1. The second-order valence-electron chi connectivity index (χ2n) is 4.34. The Morgan fingerprint density at radius 2 is 2.06 bits per heavy atom. The zero-order chi connectivity index (χ0) is 12.7. The Morgan fingerprint density at radius 1 is 1.29 bits per heavy atom. The van der Waals surface area contributed by atoms with Crippen molar-refractivity contribution in [1.82, 2.24) is 9.97 Å². The fourth-order valence-corrected chi connectivity index (χ4v) is 1.66. The molecule has 4 nitrogen and oxygen atoms in total. The molecule has 1 atom stereocenters. The maximum atomic E-state index is 4.57. The lowest BCUT2D eigenvalue weighted by Crippen LogP contribution is -2.29. The Labute approximate surface area is 104 Å². The first-order valence-electron chi connectivity index (χ1n) is 6.52. The van der Waals surface area contributed by atoms with E-state index in [0.717, 1.165) is 31.3 Å². The van der Waals surface area contributed by atoms with Crippen LogP contribution in [0.4, 0.5) is 11.6 Å². The van der Waals surface area contributed by atoms with E-state index >= 15 is 0 Å². The first-order valence-corrected chi connectivity index (χ1v) is 6.52. The van der Waals surface area contributed by atoms with Crippen molar-refractivity contribution in [1.29, 1.82) is 0 Å². The quantitative estimate of drug-likeness (QED) is 0.790. The second kappa shape index (κ2) is 7.09. The SMILES string of the molecule is CCNc1cncc(N(CC)CC(C)CC)n1. The van der Waals surface area contributed by atoms with Gasteiger partial charge < -0.3 is 10.2 Å². The zero-order valence-corrected chi connectivity index (χ0v) is 11.4. The van der Waals surface area contributed by atoms with Gasteiger partial charge in [-0.25, -0.2) is 4.98 Å². The van der Waals surface area contributed by atoms with Gasteiger partial charge in [-0.15, -0.1) is 0 Å². The van der Waals surface area contributed by atoms with E-state index in [0.29, 0.717) is 5.92 Å². The average molecular weight is 236 g/mol. The van der Waals surface area contributed by atoms with Gasteiger partial charge in [0.15, 0.2) is 0 Å². The van der Waals surface area contributed by atoms with Crippen LogP contribution in [0.25, 0.3) is 0 Å². The predicted octanol–water partition coefficient (Wildman–Crippen LogP) is 2.78. The van der Waals surface area contributed by atoms with Crippen LogP contribution in [0, 0.1) is 5.92 Å². The molecule has 96 valence electrons. The normalized spacial score (nSPS) is 12.2. The summed E-state index contributed by atoms with van der Waals surface area (Å²) in [5, 5.41) is 3.19. The molecule has 0 radical (unpaired) electrons. The molecule has 0 aliphatic carbocycles. The van der Waals surface area contributed by atoms with Crippen LogP contribution < -0.4 is 10.2 Å². The zero-order valence-electron chi connectivity index (χ0n) is 11.4. The van der Waals surface area contributed by atoms with Crippen molar-refractivity contribution in [2.24, 2.45) is 5.92 Å². The van der Waals surface area contributed by atoms with Gasteiger partial charge in [-0.3, -0.25) is 4.98 Å². The molecule has 0 amide bonds. The minimum absolute atomic E-state index is 0.680. The van der Waals surface area contributed by atoms with Crippen molar-refractivity contribution in [3.05, 3.63) is 12.4 Å². The highest BCUT2D eigenvalue weighted by molar-refractivity contribution is 5.43. The van der Waals surface area contributed by atoms with Crippen LogP contribution in [0.2, 0.25) is 0 Å². The highest BCUT2D eigenvalue weighted by Crippen LogP contribution is 2.15. The Morgan fingerprint density at radius 3 is 2.65 bits per heavy atom. The summed E-state index contributed by atoms with van der Waals surface area (Å²) < 4.78 is 0. The van der Waals surface area contributed by atoms with Gasteiger partial charge in [0.05, 0.1) is 12.4 Å². The fraction of sp³-hybridized carbons (Fsp3) is 0.692. The summed E-state index contributed by atoms with van der Waals surface area (Å²) in [6, 6.07) is 0. The van der Waals surface area contributed by atoms with Crippen molar-refractivity contribution < 1.29 is 0 Å². The van der Waals surface area contributed by atoms with Gasteiger partial charge in [0.25, 0.3) is 0 Å². The molecule has 0 aliphatic rings. The van der Waals surface area contributed by atoms with Crippen molar-refractivity contribution in [2.75, 3.05) is 29.9 Å². The number of rotatable bonds is 7. The van der Waals surface area contributed by atoms with Crippen LogP contribution in [0.5, 0.6) is 0 Å². The number of hydrogen-bond acceptors (Lipinski definition) is 4. The maximum absolute atomic E-state index is 4.57. The number of nitrogens with zero attached hydrogens (tertiary/aromatic N) is 3. The molecule has 1 aromatic heterocycles. The van der Waals surface area contributed by atoms with E-state index < -0.39 is 0 Å². The average Bonchev–Trinajstić information content (AvgIpc) is 2.36. The van der Waals surface area contributed by atoms with E-state index in [9.17, 15) is 0 Å². The van der Waals surface area contributed by atoms with Crippen LogP contribution >= 0.6 is 0 Å². The number of aromatic nitrogens is 2. The molecular weight excluding hydrogens is 212 g/mol. The summed E-state index contributed by atoms with van der Waals surface area (Å²) >= 11 is 0. The van der Waals surface area contributed by atoms with Crippen LogP contribution in [-0.4, -0.2) is 29.6 Å². The molecule has 0 aromatic carbocycles. The first kappa shape index (κ1) is 13.7. The monoisotopic (exact) mass is 236 g/mol. The summed E-state index contributed by atoms with van der Waals surface area (Å²) in [5.74, 6) is 2.50. The summed E-state index contributed by atoms with van der Waals surface area (Å²) in [6.07, 6.45) is 4.80. The number of nitrogens with one attached hydrogen (secondary N) is 1. The van der Waals surface area contributed by atoms with Crippen LogP contribution in [0.15, 0.2) is 12.4 Å². The molecule has 17 heavy (non-hydrogen) atoms. The molecule has 0 saturated heterocycles. The Bertz CT molecular complexity index is 327. The molecule has 0 aliphatic heterocycles. The van der Waals surface area contributed by atoms with Gasteiger partial charge in [-0.05, 0) is 19.8 Å².